The number of halogens is 1. The molecule has 2 aromatic heterocycles. The molecule has 5 rings (SSSR count). The average molecular weight is 428 g/mol. The summed E-state index contributed by atoms with van der Waals surface area (Å²) < 4.78 is 47.6. The third-order valence-corrected chi connectivity index (χ3v) is 8.10. The van der Waals surface area contributed by atoms with E-state index in [2.05, 4.69) is 15.1 Å². The van der Waals surface area contributed by atoms with Gasteiger partial charge in [-0.25, -0.2) is 12.8 Å². The quantitative estimate of drug-likeness (QED) is 0.630. The summed E-state index contributed by atoms with van der Waals surface area (Å²) in [5, 5.41) is 4.07. The molecule has 2 fully saturated rings. The number of hydrogen-bond acceptors (Lipinski definition) is 6. The Bertz CT molecular complexity index is 1170. The maximum absolute atomic E-state index is 14.0. The molecule has 2 atom stereocenters. The van der Waals surface area contributed by atoms with Gasteiger partial charge in [0.25, 0.3) is 0 Å². The number of fused-ring (bicyclic) bond motifs is 2. The zero-order valence-corrected chi connectivity index (χ0v) is 17.2. The highest BCUT2D eigenvalue weighted by Gasteiger charge is 2.48. The molecule has 0 N–H and O–H groups in total. The van der Waals surface area contributed by atoms with Gasteiger partial charge in [-0.2, -0.15) is 9.29 Å². The summed E-state index contributed by atoms with van der Waals surface area (Å²) in [6.07, 6.45) is 6.13. The third-order valence-electron chi connectivity index (χ3n) is 6.10. The lowest BCUT2D eigenvalue weighted by molar-refractivity contribution is 0.202. The van der Waals surface area contributed by atoms with Gasteiger partial charge in [0, 0.05) is 36.0 Å². The molecule has 3 aromatic rings. The zero-order chi connectivity index (χ0) is 20.9. The number of aromatic nitrogens is 3. The van der Waals surface area contributed by atoms with Crippen molar-refractivity contribution in [1.29, 1.82) is 0 Å². The van der Waals surface area contributed by atoms with E-state index in [4.69, 9.17) is 4.52 Å². The smallest absolute Gasteiger partial charge is 0.243 e. The van der Waals surface area contributed by atoms with E-state index in [1.54, 1.807) is 23.6 Å². The second-order valence-corrected chi connectivity index (χ2v) is 9.84. The Morgan fingerprint density at radius 2 is 1.93 bits per heavy atom. The van der Waals surface area contributed by atoms with E-state index in [9.17, 15) is 12.8 Å². The largest absolute Gasteiger partial charge is 0.339 e. The molecule has 2 saturated heterocycles. The monoisotopic (exact) mass is 428 g/mol. The first-order chi connectivity index (χ1) is 14.4. The number of piperidine rings is 1. The van der Waals surface area contributed by atoms with Crippen LogP contribution in [0.15, 0.2) is 52.1 Å². The van der Waals surface area contributed by atoms with Crippen LogP contribution < -0.4 is 0 Å². The first kappa shape index (κ1) is 19.3. The Morgan fingerprint density at radius 1 is 1.17 bits per heavy atom. The predicted octanol–water partition coefficient (Wildman–Crippen LogP) is 3.68. The van der Waals surface area contributed by atoms with Gasteiger partial charge in [0.15, 0.2) is 0 Å². The van der Waals surface area contributed by atoms with Crippen LogP contribution in [0.3, 0.4) is 0 Å². The molecule has 2 aliphatic rings. The van der Waals surface area contributed by atoms with Crippen molar-refractivity contribution in [2.24, 2.45) is 0 Å². The number of hydrogen-bond donors (Lipinski definition) is 0. The van der Waals surface area contributed by atoms with Crippen molar-refractivity contribution in [1.82, 2.24) is 19.4 Å². The SMILES string of the molecule is Cc1ccc(S(=O)(=O)N2C3CCC2CC(c2nc(-c4cccnc4)no2)C3)cc1F. The van der Waals surface area contributed by atoms with Crippen LogP contribution in [0.5, 0.6) is 0 Å². The van der Waals surface area contributed by atoms with Gasteiger partial charge in [0.1, 0.15) is 5.82 Å². The van der Waals surface area contributed by atoms with Crippen LogP contribution in [0.2, 0.25) is 0 Å². The lowest BCUT2D eigenvalue weighted by Gasteiger charge is -2.36. The fraction of sp³-hybridized carbons (Fsp3) is 0.381. The molecule has 1 aromatic carbocycles. The highest BCUT2D eigenvalue weighted by atomic mass is 32.2. The minimum absolute atomic E-state index is 0.00150. The minimum Gasteiger partial charge on any atom is -0.339 e. The Morgan fingerprint density at radius 3 is 2.60 bits per heavy atom. The second-order valence-electron chi connectivity index (χ2n) is 8.00. The van der Waals surface area contributed by atoms with Crippen LogP contribution in [-0.4, -0.2) is 39.9 Å². The summed E-state index contributed by atoms with van der Waals surface area (Å²) in [6.45, 7) is 1.62. The highest BCUT2D eigenvalue weighted by molar-refractivity contribution is 7.89. The lowest BCUT2D eigenvalue weighted by atomic mass is 9.92. The number of aryl methyl sites for hydroxylation is 1. The van der Waals surface area contributed by atoms with Gasteiger partial charge >= 0.3 is 0 Å². The van der Waals surface area contributed by atoms with Crippen molar-refractivity contribution in [3.8, 4) is 11.4 Å². The summed E-state index contributed by atoms with van der Waals surface area (Å²) >= 11 is 0. The third kappa shape index (κ3) is 3.22. The van der Waals surface area contributed by atoms with Crippen molar-refractivity contribution in [3.63, 3.8) is 0 Å². The van der Waals surface area contributed by atoms with E-state index in [1.807, 2.05) is 12.1 Å². The van der Waals surface area contributed by atoms with Crippen molar-refractivity contribution in [2.45, 2.75) is 55.5 Å². The minimum atomic E-state index is -3.76. The summed E-state index contributed by atoms with van der Waals surface area (Å²) in [5.41, 5.74) is 1.20. The van der Waals surface area contributed by atoms with E-state index in [0.29, 0.717) is 30.1 Å². The number of benzene rings is 1. The summed E-state index contributed by atoms with van der Waals surface area (Å²) in [4.78, 5) is 8.62. The van der Waals surface area contributed by atoms with Gasteiger partial charge in [-0.15, -0.1) is 0 Å². The van der Waals surface area contributed by atoms with Gasteiger partial charge in [-0.3, -0.25) is 4.98 Å². The van der Waals surface area contributed by atoms with Gasteiger partial charge in [0.2, 0.25) is 21.7 Å². The van der Waals surface area contributed by atoms with Crippen LogP contribution >= 0.6 is 0 Å². The fourth-order valence-corrected chi connectivity index (χ4v) is 6.50. The number of sulfonamides is 1. The standard InChI is InChI=1S/C21H21FN4O3S/c1-13-4-7-18(11-19(13)22)30(27,28)26-16-5-6-17(26)10-15(9-16)21-24-20(25-29-21)14-3-2-8-23-12-14/h2-4,7-8,11-12,15-17H,5-6,9-10H2,1H3. The Hall–Kier alpha value is -2.65. The molecule has 0 saturated carbocycles. The summed E-state index contributed by atoms with van der Waals surface area (Å²) in [7, 11) is -3.76. The first-order valence-corrected chi connectivity index (χ1v) is 11.4. The summed E-state index contributed by atoms with van der Waals surface area (Å²) in [5.74, 6) is 0.508. The molecule has 156 valence electrons. The van der Waals surface area contributed by atoms with E-state index in [0.717, 1.165) is 24.5 Å². The molecule has 2 bridgehead atoms. The van der Waals surface area contributed by atoms with Gasteiger partial charge < -0.3 is 4.52 Å². The molecule has 4 heterocycles. The normalized spacial score (nSPS) is 24.3. The molecular weight excluding hydrogens is 407 g/mol. The van der Waals surface area contributed by atoms with Crippen LogP contribution in [0, 0.1) is 12.7 Å². The first-order valence-electron chi connectivity index (χ1n) is 9.97. The average Bonchev–Trinajstić information content (AvgIpc) is 3.34. The number of nitrogens with zero attached hydrogens (tertiary/aromatic N) is 4. The fourth-order valence-electron chi connectivity index (χ4n) is 4.60. The Kier molecular flexibility index (Phi) is 4.67. The van der Waals surface area contributed by atoms with Crippen molar-refractivity contribution < 1.29 is 17.3 Å². The molecule has 0 amide bonds. The van der Waals surface area contributed by atoms with Crippen molar-refractivity contribution in [3.05, 3.63) is 60.0 Å². The van der Waals surface area contributed by atoms with Crippen molar-refractivity contribution in [2.75, 3.05) is 0 Å². The molecular formula is C21H21FN4O3S. The zero-order valence-electron chi connectivity index (χ0n) is 16.4. The summed E-state index contributed by atoms with van der Waals surface area (Å²) in [6, 6.07) is 7.47. The molecule has 0 aliphatic carbocycles. The van der Waals surface area contributed by atoms with Crippen LogP contribution in [0.25, 0.3) is 11.4 Å². The van der Waals surface area contributed by atoms with Crippen LogP contribution in [0.1, 0.15) is 43.1 Å². The van der Waals surface area contributed by atoms with E-state index in [-0.39, 0.29) is 22.9 Å². The molecule has 7 nitrogen and oxygen atoms in total. The molecule has 0 radical (unpaired) electrons. The van der Waals surface area contributed by atoms with Crippen LogP contribution in [-0.2, 0) is 10.0 Å². The maximum atomic E-state index is 14.0. The van der Waals surface area contributed by atoms with Crippen molar-refractivity contribution >= 4 is 10.0 Å². The van der Waals surface area contributed by atoms with Gasteiger partial charge in [-0.1, -0.05) is 11.2 Å². The van der Waals surface area contributed by atoms with E-state index < -0.39 is 15.8 Å². The molecule has 9 heteroatoms. The number of rotatable bonds is 4. The van der Waals surface area contributed by atoms with Gasteiger partial charge in [-0.05, 0) is 62.4 Å². The molecule has 30 heavy (non-hydrogen) atoms. The van der Waals surface area contributed by atoms with Crippen LogP contribution in [0.4, 0.5) is 4.39 Å². The molecule has 2 aliphatic heterocycles. The number of pyridine rings is 1. The highest BCUT2D eigenvalue weighted by Crippen LogP contribution is 2.45. The lowest BCUT2D eigenvalue weighted by Crippen LogP contribution is -2.46. The van der Waals surface area contributed by atoms with E-state index in [1.165, 1.54) is 12.1 Å². The van der Waals surface area contributed by atoms with Gasteiger partial charge in [0.05, 0.1) is 4.90 Å². The topological polar surface area (TPSA) is 89.2 Å². The van der Waals surface area contributed by atoms with E-state index >= 15 is 0 Å². The predicted molar refractivity (Wildman–Crippen MR) is 106 cm³/mol. The Labute approximate surface area is 174 Å². The Balaban J connectivity index is 1.39. The molecule has 2 unspecified atom stereocenters. The second kappa shape index (κ2) is 7.24. The molecule has 0 spiro atoms. The maximum Gasteiger partial charge on any atom is 0.243 e.